The Morgan fingerprint density at radius 3 is 2.83 bits per heavy atom. The minimum atomic E-state index is -0.0783. The van der Waals surface area contributed by atoms with Crippen molar-refractivity contribution in [2.75, 3.05) is 13.1 Å². The maximum atomic E-state index is 12.3. The number of hydrogen-bond donors (Lipinski definition) is 2. The van der Waals surface area contributed by atoms with Crippen LogP contribution in [0.5, 0.6) is 0 Å². The Hall–Kier alpha value is -1.30. The van der Waals surface area contributed by atoms with Gasteiger partial charge in [-0.15, -0.1) is 24.8 Å². The van der Waals surface area contributed by atoms with E-state index in [-0.39, 0.29) is 42.7 Å². The number of rotatable bonds is 4. The van der Waals surface area contributed by atoms with Crippen molar-refractivity contribution in [2.24, 2.45) is 5.92 Å². The van der Waals surface area contributed by atoms with Crippen LogP contribution in [0, 0.1) is 5.92 Å². The molecule has 2 atom stereocenters. The third-order valence-corrected chi connectivity index (χ3v) is 4.18. The summed E-state index contributed by atoms with van der Waals surface area (Å²) in [7, 11) is 0. The van der Waals surface area contributed by atoms with E-state index in [1.54, 1.807) is 0 Å². The molecule has 1 aromatic heterocycles. The molecule has 2 aromatic rings. The van der Waals surface area contributed by atoms with Crippen LogP contribution < -0.4 is 10.6 Å². The van der Waals surface area contributed by atoms with E-state index in [1.807, 2.05) is 25.1 Å². The molecule has 2 N–H and O–H groups in total. The number of fused-ring (bicyclic) bond motifs is 1. The summed E-state index contributed by atoms with van der Waals surface area (Å²) in [5.74, 6) is 1.15. The Balaban J connectivity index is 0.00000132. The minimum Gasteiger partial charge on any atom is -0.346 e. The predicted molar refractivity (Wildman–Crippen MR) is 97.4 cm³/mol. The van der Waals surface area contributed by atoms with E-state index in [0.717, 1.165) is 42.9 Å². The van der Waals surface area contributed by atoms with E-state index >= 15 is 0 Å². The van der Waals surface area contributed by atoms with Gasteiger partial charge in [-0.3, -0.25) is 4.79 Å². The molecular formula is C16H24Cl2N4O. The number of benzene rings is 1. The standard InChI is InChI=1S/C16H22N4O.2ClH/c1-3-20-14-7-5-4-6-13(14)19-15(20)11(2)18-16(21)12-8-9-17-10-12;;/h4-7,11-12,17H,3,8-10H2,1-2H3,(H,18,21);2*1H. The fourth-order valence-electron chi connectivity index (χ4n) is 3.03. The molecule has 2 heterocycles. The average molecular weight is 359 g/mol. The number of amides is 1. The highest BCUT2D eigenvalue weighted by molar-refractivity contribution is 5.85. The van der Waals surface area contributed by atoms with Gasteiger partial charge in [-0.1, -0.05) is 12.1 Å². The molecule has 0 radical (unpaired) electrons. The van der Waals surface area contributed by atoms with Crippen LogP contribution in [-0.2, 0) is 11.3 Å². The predicted octanol–water partition coefficient (Wildman–Crippen LogP) is 2.69. The summed E-state index contributed by atoms with van der Waals surface area (Å²) in [6.45, 7) is 6.67. The highest BCUT2D eigenvalue weighted by Gasteiger charge is 2.25. The second-order valence-corrected chi connectivity index (χ2v) is 5.62. The van der Waals surface area contributed by atoms with Gasteiger partial charge in [0.1, 0.15) is 5.82 Å². The lowest BCUT2D eigenvalue weighted by atomic mass is 10.1. The number of aromatic nitrogens is 2. The molecule has 5 nitrogen and oxygen atoms in total. The first kappa shape index (κ1) is 19.7. The summed E-state index contributed by atoms with van der Waals surface area (Å²) < 4.78 is 2.17. The van der Waals surface area contributed by atoms with Crippen LogP contribution in [0.1, 0.15) is 32.1 Å². The zero-order valence-electron chi connectivity index (χ0n) is 13.4. The third kappa shape index (κ3) is 3.97. The van der Waals surface area contributed by atoms with E-state index in [4.69, 9.17) is 4.98 Å². The van der Waals surface area contributed by atoms with Crippen molar-refractivity contribution in [2.45, 2.75) is 32.9 Å². The number of imidazole rings is 1. The summed E-state index contributed by atoms with van der Waals surface area (Å²) >= 11 is 0. The quantitative estimate of drug-likeness (QED) is 0.883. The molecule has 1 amide bonds. The van der Waals surface area contributed by atoms with E-state index in [1.165, 1.54) is 0 Å². The highest BCUT2D eigenvalue weighted by Crippen LogP contribution is 2.21. The van der Waals surface area contributed by atoms with Crippen LogP contribution in [-0.4, -0.2) is 28.5 Å². The van der Waals surface area contributed by atoms with Gasteiger partial charge in [-0.2, -0.15) is 0 Å². The number of nitrogens with one attached hydrogen (secondary N) is 2. The first-order valence-electron chi connectivity index (χ1n) is 7.67. The first-order chi connectivity index (χ1) is 10.2. The summed E-state index contributed by atoms with van der Waals surface area (Å²) in [6.07, 6.45) is 0.919. The van der Waals surface area contributed by atoms with Crippen LogP contribution in [0.4, 0.5) is 0 Å². The number of para-hydroxylation sites is 2. The molecule has 3 rings (SSSR count). The molecule has 0 spiro atoms. The highest BCUT2D eigenvalue weighted by atomic mass is 35.5. The van der Waals surface area contributed by atoms with Crippen molar-refractivity contribution in [1.82, 2.24) is 20.2 Å². The maximum absolute atomic E-state index is 12.3. The van der Waals surface area contributed by atoms with Gasteiger partial charge in [0.15, 0.2) is 0 Å². The van der Waals surface area contributed by atoms with Crippen molar-refractivity contribution < 1.29 is 4.79 Å². The number of hydrogen-bond acceptors (Lipinski definition) is 3. The van der Waals surface area contributed by atoms with Gasteiger partial charge < -0.3 is 15.2 Å². The molecular weight excluding hydrogens is 335 g/mol. The first-order valence-corrected chi connectivity index (χ1v) is 7.67. The topological polar surface area (TPSA) is 59.0 Å². The Bertz CT molecular complexity index is 653. The molecule has 2 unspecified atom stereocenters. The molecule has 1 aromatic carbocycles. The van der Waals surface area contributed by atoms with Crippen molar-refractivity contribution in [3.63, 3.8) is 0 Å². The van der Waals surface area contributed by atoms with Gasteiger partial charge in [0, 0.05) is 13.1 Å². The summed E-state index contributed by atoms with van der Waals surface area (Å²) in [5.41, 5.74) is 2.11. The largest absolute Gasteiger partial charge is 0.346 e. The molecule has 1 aliphatic heterocycles. The molecule has 0 saturated carbocycles. The average Bonchev–Trinajstić information content (AvgIpc) is 3.14. The Morgan fingerprint density at radius 2 is 2.17 bits per heavy atom. The van der Waals surface area contributed by atoms with Gasteiger partial charge >= 0.3 is 0 Å². The molecule has 7 heteroatoms. The lowest BCUT2D eigenvalue weighted by Crippen LogP contribution is -2.34. The maximum Gasteiger partial charge on any atom is 0.225 e. The van der Waals surface area contributed by atoms with Crippen LogP contribution >= 0.6 is 24.8 Å². The van der Waals surface area contributed by atoms with Crippen molar-refractivity contribution in [1.29, 1.82) is 0 Å². The monoisotopic (exact) mass is 358 g/mol. The minimum absolute atomic E-state index is 0. The third-order valence-electron chi connectivity index (χ3n) is 4.18. The van der Waals surface area contributed by atoms with Crippen molar-refractivity contribution in [3.05, 3.63) is 30.1 Å². The number of halogens is 2. The van der Waals surface area contributed by atoms with Crippen molar-refractivity contribution in [3.8, 4) is 0 Å². The molecule has 0 aliphatic carbocycles. The fourth-order valence-corrected chi connectivity index (χ4v) is 3.03. The number of nitrogens with zero attached hydrogens (tertiary/aromatic N) is 2. The van der Waals surface area contributed by atoms with Gasteiger partial charge in [-0.25, -0.2) is 4.98 Å². The number of aryl methyl sites for hydroxylation is 1. The lowest BCUT2D eigenvalue weighted by Gasteiger charge is -2.17. The Morgan fingerprint density at radius 1 is 1.43 bits per heavy atom. The SMILES string of the molecule is CCn1c(C(C)NC(=O)C2CCNC2)nc2ccccc21.Cl.Cl. The van der Waals surface area contributed by atoms with Crippen LogP contribution in [0.2, 0.25) is 0 Å². The Kier molecular flexibility index (Phi) is 7.32. The number of carbonyl (C=O) groups is 1. The lowest BCUT2D eigenvalue weighted by molar-refractivity contribution is -0.125. The number of carbonyl (C=O) groups excluding carboxylic acids is 1. The van der Waals surface area contributed by atoms with Gasteiger partial charge in [0.2, 0.25) is 5.91 Å². The zero-order chi connectivity index (χ0) is 14.8. The zero-order valence-corrected chi connectivity index (χ0v) is 15.0. The fraction of sp³-hybridized carbons (Fsp3) is 0.500. The molecule has 128 valence electrons. The van der Waals surface area contributed by atoms with E-state index in [9.17, 15) is 4.79 Å². The molecule has 23 heavy (non-hydrogen) atoms. The molecule has 1 saturated heterocycles. The molecule has 1 fully saturated rings. The van der Waals surface area contributed by atoms with Gasteiger partial charge in [-0.05, 0) is 38.9 Å². The van der Waals surface area contributed by atoms with Gasteiger partial charge in [0.25, 0.3) is 0 Å². The second-order valence-electron chi connectivity index (χ2n) is 5.62. The smallest absolute Gasteiger partial charge is 0.225 e. The summed E-state index contributed by atoms with van der Waals surface area (Å²) in [4.78, 5) is 17.0. The Labute approximate surface area is 149 Å². The van der Waals surface area contributed by atoms with Crippen LogP contribution in [0.25, 0.3) is 11.0 Å². The van der Waals surface area contributed by atoms with E-state index in [0.29, 0.717) is 0 Å². The van der Waals surface area contributed by atoms with Crippen molar-refractivity contribution >= 4 is 41.8 Å². The van der Waals surface area contributed by atoms with E-state index in [2.05, 4.69) is 28.2 Å². The summed E-state index contributed by atoms with van der Waals surface area (Å²) in [5, 5.41) is 6.34. The molecule has 0 bridgehead atoms. The normalized spacial score (nSPS) is 18.1. The van der Waals surface area contributed by atoms with Crippen LogP contribution in [0.15, 0.2) is 24.3 Å². The van der Waals surface area contributed by atoms with Gasteiger partial charge in [0.05, 0.1) is 23.0 Å². The van der Waals surface area contributed by atoms with Crippen LogP contribution in [0.3, 0.4) is 0 Å². The molecule has 1 aliphatic rings. The van der Waals surface area contributed by atoms with E-state index < -0.39 is 0 Å². The summed E-state index contributed by atoms with van der Waals surface area (Å²) in [6, 6.07) is 8.02. The second kappa shape index (κ2) is 8.52.